The molecule has 0 amide bonds. The van der Waals surface area contributed by atoms with Gasteiger partial charge in [-0.2, -0.15) is 17.6 Å². The van der Waals surface area contributed by atoms with E-state index in [2.05, 4.69) is 0 Å². The summed E-state index contributed by atoms with van der Waals surface area (Å²) in [6.07, 6.45) is -4.94. The van der Waals surface area contributed by atoms with Crippen LogP contribution in [0.2, 0.25) is 0 Å². The highest BCUT2D eigenvalue weighted by atomic mass is 19.4. The lowest BCUT2D eigenvalue weighted by molar-refractivity contribution is -0.387. The molecular formula is C12H7F4N3O5. The highest BCUT2D eigenvalue weighted by Crippen LogP contribution is 2.27. The second-order valence-electron chi connectivity index (χ2n) is 4.46. The Hall–Kier alpha value is -3.18. The molecule has 0 aliphatic heterocycles. The summed E-state index contributed by atoms with van der Waals surface area (Å²) in [4.78, 5) is 37.7. The molecule has 0 bridgehead atoms. The first-order valence-electron chi connectivity index (χ1n) is 6.05. The molecular weight excluding hydrogens is 342 g/mol. The van der Waals surface area contributed by atoms with Gasteiger partial charge in [0.15, 0.2) is 5.75 Å². The van der Waals surface area contributed by atoms with Gasteiger partial charge >= 0.3 is 17.6 Å². The zero-order valence-corrected chi connectivity index (χ0v) is 11.7. The highest BCUT2D eigenvalue weighted by molar-refractivity contribution is 5.37. The Balaban J connectivity index is 2.50. The fraction of sp³-hybridized carbons (Fsp3) is 0.167. The van der Waals surface area contributed by atoms with Crippen LogP contribution in [0.4, 0.5) is 23.2 Å². The molecule has 24 heavy (non-hydrogen) atoms. The summed E-state index contributed by atoms with van der Waals surface area (Å²) < 4.78 is 51.6. The predicted molar refractivity (Wildman–Crippen MR) is 70.0 cm³/mol. The van der Waals surface area contributed by atoms with Gasteiger partial charge in [-0.1, -0.05) is 4.73 Å². The molecule has 0 spiro atoms. The van der Waals surface area contributed by atoms with Crippen LogP contribution in [-0.4, -0.2) is 14.2 Å². The first kappa shape index (κ1) is 17.2. The molecule has 1 aromatic heterocycles. The number of hydrogen-bond donors (Lipinski definition) is 0. The molecule has 1 aromatic carbocycles. The van der Waals surface area contributed by atoms with Crippen molar-refractivity contribution >= 4 is 5.69 Å². The van der Waals surface area contributed by atoms with Crippen molar-refractivity contribution < 1.29 is 27.3 Å². The Morgan fingerprint density at radius 3 is 2.33 bits per heavy atom. The Morgan fingerprint density at radius 1 is 1.21 bits per heavy atom. The van der Waals surface area contributed by atoms with Gasteiger partial charge in [0.25, 0.3) is 5.56 Å². The molecule has 0 fully saturated rings. The Bertz CT molecular complexity index is 932. The Kier molecular flexibility index (Phi) is 4.14. The number of aromatic nitrogens is 2. The quantitative estimate of drug-likeness (QED) is 0.475. The third-order valence-corrected chi connectivity index (χ3v) is 2.89. The molecule has 0 aliphatic rings. The first-order valence-corrected chi connectivity index (χ1v) is 6.05. The van der Waals surface area contributed by atoms with E-state index >= 15 is 0 Å². The second-order valence-corrected chi connectivity index (χ2v) is 4.46. The van der Waals surface area contributed by atoms with E-state index in [-0.39, 0.29) is 15.4 Å². The van der Waals surface area contributed by atoms with Crippen molar-refractivity contribution in [2.75, 3.05) is 0 Å². The van der Waals surface area contributed by atoms with Gasteiger partial charge in [-0.15, -0.1) is 0 Å². The lowest BCUT2D eigenvalue weighted by atomic mass is 10.3. The van der Waals surface area contributed by atoms with Crippen LogP contribution in [0.1, 0.15) is 5.69 Å². The number of halogens is 4. The minimum Gasteiger partial charge on any atom is -0.367 e. The lowest BCUT2D eigenvalue weighted by Gasteiger charge is -2.13. The van der Waals surface area contributed by atoms with Gasteiger partial charge in [0.05, 0.1) is 4.92 Å². The van der Waals surface area contributed by atoms with Gasteiger partial charge in [-0.25, -0.2) is 4.79 Å². The van der Waals surface area contributed by atoms with Crippen LogP contribution in [0, 0.1) is 15.9 Å². The van der Waals surface area contributed by atoms with Crippen LogP contribution in [0.5, 0.6) is 5.75 Å². The SMILES string of the molecule is Cn1c(C(F)(F)F)cc(=O)n(Oc2ccc([N+](=O)[O-])c(F)c2)c1=O. The van der Waals surface area contributed by atoms with Crippen molar-refractivity contribution in [3.8, 4) is 5.75 Å². The fourth-order valence-corrected chi connectivity index (χ4v) is 1.76. The van der Waals surface area contributed by atoms with Gasteiger partial charge in [0.1, 0.15) is 5.69 Å². The zero-order chi connectivity index (χ0) is 18.2. The number of hydrogen-bond acceptors (Lipinski definition) is 5. The average Bonchev–Trinajstić information content (AvgIpc) is 2.45. The minimum absolute atomic E-state index is 0.0319. The van der Waals surface area contributed by atoms with E-state index in [1.807, 2.05) is 0 Å². The van der Waals surface area contributed by atoms with E-state index < -0.39 is 45.3 Å². The van der Waals surface area contributed by atoms with Crippen molar-refractivity contribution in [3.05, 3.63) is 66.7 Å². The summed E-state index contributed by atoms with van der Waals surface area (Å²) in [7, 11) is 0.765. The van der Waals surface area contributed by atoms with Crippen LogP contribution < -0.4 is 16.1 Å². The fourth-order valence-electron chi connectivity index (χ4n) is 1.76. The van der Waals surface area contributed by atoms with Gasteiger partial charge in [-0.3, -0.25) is 19.5 Å². The maximum absolute atomic E-state index is 13.5. The largest absolute Gasteiger partial charge is 0.431 e. The molecule has 0 saturated carbocycles. The van der Waals surface area contributed by atoms with Crippen molar-refractivity contribution in [2.24, 2.45) is 7.05 Å². The molecule has 0 atom stereocenters. The topological polar surface area (TPSA) is 96.4 Å². The molecule has 128 valence electrons. The third-order valence-electron chi connectivity index (χ3n) is 2.89. The lowest BCUT2D eigenvalue weighted by Crippen LogP contribution is -2.43. The smallest absolute Gasteiger partial charge is 0.367 e. The number of nitro groups is 1. The van der Waals surface area contributed by atoms with Gasteiger partial charge < -0.3 is 4.84 Å². The summed E-state index contributed by atoms with van der Waals surface area (Å²) >= 11 is 0. The summed E-state index contributed by atoms with van der Waals surface area (Å²) in [5.41, 5.74) is -5.28. The maximum atomic E-state index is 13.5. The molecule has 0 aliphatic carbocycles. The van der Waals surface area contributed by atoms with Crippen LogP contribution in [-0.2, 0) is 13.2 Å². The van der Waals surface area contributed by atoms with Gasteiger partial charge in [-0.05, 0) is 6.07 Å². The van der Waals surface area contributed by atoms with E-state index in [0.29, 0.717) is 12.1 Å². The number of alkyl halides is 3. The number of benzene rings is 1. The average molecular weight is 349 g/mol. The third kappa shape index (κ3) is 3.11. The molecule has 2 rings (SSSR count). The van der Waals surface area contributed by atoms with Crippen molar-refractivity contribution in [3.63, 3.8) is 0 Å². The monoisotopic (exact) mass is 349 g/mol. The van der Waals surface area contributed by atoms with E-state index in [1.54, 1.807) is 0 Å². The van der Waals surface area contributed by atoms with E-state index in [0.717, 1.165) is 13.1 Å². The highest BCUT2D eigenvalue weighted by Gasteiger charge is 2.35. The predicted octanol–water partition coefficient (Wildman–Crippen LogP) is 1.46. The summed E-state index contributed by atoms with van der Waals surface area (Å²) in [6.45, 7) is 0. The van der Waals surface area contributed by atoms with Crippen molar-refractivity contribution in [1.29, 1.82) is 0 Å². The Morgan fingerprint density at radius 2 is 1.83 bits per heavy atom. The molecule has 0 N–H and O–H groups in total. The Labute approximate surface area is 129 Å². The van der Waals surface area contributed by atoms with E-state index in [4.69, 9.17) is 4.84 Å². The van der Waals surface area contributed by atoms with Gasteiger partial charge in [0, 0.05) is 25.2 Å². The number of rotatable bonds is 3. The maximum Gasteiger partial charge on any atom is 0.431 e. The van der Waals surface area contributed by atoms with Crippen LogP contribution in [0.15, 0.2) is 33.9 Å². The van der Waals surface area contributed by atoms with Crippen molar-refractivity contribution in [2.45, 2.75) is 6.18 Å². The molecule has 12 heteroatoms. The molecule has 8 nitrogen and oxygen atoms in total. The van der Waals surface area contributed by atoms with Crippen LogP contribution in [0.25, 0.3) is 0 Å². The first-order chi connectivity index (χ1) is 11.0. The second kappa shape index (κ2) is 5.79. The number of nitrogens with zero attached hydrogens (tertiary/aromatic N) is 3. The molecule has 0 saturated heterocycles. The summed E-state index contributed by atoms with van der Waals surface area (Å²) in [5, 5.41) is 10.5. The van der Waals surface area contributed by atoms with Crippen LogP contribution in [0.3, 0.4) is 0 Å². The van der Waals surface area contributed by atoms with Crippen molar-refractivity contribution in [1.82, 2.24) is 9.30 Å². The summed E-state index contributed by atoms with van der Waals surface area (Å²) in [6, 6.07) is 2.24. The molecule has 0 unspecified atom stereocenters. The normalized spacial score (nSPS) is 11.4. The van der Waals surface area contributed by atoms with E-state index in [9.17, 15) is 37.3 Å². The zero-order valence-electron chi connectivity index (χ0n) is 11.7. The molecule has 0 radical (unpaired) electrons. The van der Waals surface area contributed by atoms with E-state index in [1.165, 1.54) is 0 Å². The minimum atomic E-state index is -4.94. The molecule has 1 heterocycles. The summed E-state index contributed by atoms with van der Waals surface area (Å²) in [5.74, 6) is -1.80. The molecule has 2 aromatic rings. The standard InChI is InChI=1S/C12H7F4N3O5/c1-17-9(12(14,15)16)5-10(20)18(11(17)21)24-6-2-3-8(19(22)23)7(13)4-6/h2-5H,1H3. The van der Waals surface area contributed by atoms with Gasteiger partial charge in [0.2, 0.25) is 5.82 Å². The van der Waals surface area contributed by atoms with Crippen LogP contribution >= 0.6 is 0 Å². The number of nitro benzene ring substituents is 1.